The van der Waals surface area contributed by atoms with Gasteiger partial charge in [-0.1, -0.05) is 6.58 Å². The fraction of sp³-hybridized carbons (Fsp3) is 0.647. The zero-order chi connectivity index (χ0) is 20.6. The van der Waals surface area contributed by atoms with Crippen molar-refractivity contribution in [3.8, 4) is 0 Å². The molecule has 4 atom stereocenters. The van der Waals surface area contributed by atoms with Crippen molar-refractivity contribution in [2.75, 3.05) is 19.8 Å². The number of carbonyl (C=O) groups excluding carboxylic acids is 4. The standard InChI is InChI=1S/C17H24O10/c1-9(2)16(21)22-6-7-23-17-15(27-12(5)20)14(26-11(4)19)13(8-24-17)25-10(3)18/h13-15,17H,1,6-8H2,2-5H3. The summed E-state index contributed by atoms with van der Waals surface area (Å²) >= 11 is 0. The normalized spacial score (nSPS) is 24.4. The van der Waals surface area contributed by atoms with Crippen LogP contribution in [-0.4, -0.2) is 68.3 Å². The summed E-state index contributed by atoms with van der Waals surface area (Å²) in [6.07, 6.45) is -4.39. The third-order valence-corrected chi connectivity index (χ3v) is 3.25. The molecule has 0 aromatic rings. The Morgan fingerprint density at radius 1 is 0.889 bits per heavy atom. The molecule has 0 amide bonds. The van der Waals surface area contributed by atoms with Crippen molar-refractivity contribution in [3.63, 3.8) is 0 Å². The van der Waals surface area contributed by atoms with Crippen LogP contribution in [0.1, 0.15) is 27.7 Å². The number of carbonyl (C=O) groups is 4. The van der Waals surface area contributed by atoms with Crippen LogP contribution < -0.4 is 0 Å². The average Bonchev–Trinajstić information content (AvgIpc) is 2.54. The van der Waals surface area contributed by atoms with Crippen molar-refractivity contribution >= 4 is 23.9 Å². The SMILES string of the molecule is C=C(C)C(=O)OCCOC1OCC(OC(C)=O)C(OC(C)=O)C1OC(C)=O. The molecule has 1 aliphatic rings. The molecule has 0 aromatic heterocycles. The second-order valence-corrected chi connectivity index (χ2v) is 5.78. The summed E-state index contributed by atoms with van der Waals surface area (Å²) in [6, 6.07) is 0. The highest BCUT2D eigenvalue weighted by Gasteiger charge is 2.47. The van der Waals surface area contributed by atoms with Crippen molar-refractivity contribution in [1.29, 1.82) is 0 Å². The molecule has 27 heavy (non-hydrogen) atoms. The van der Waals surface area contributed by atoms with Gasteiger partial charge in [-0.15, -0.1) is 0 Å². The van der Waals surface area contributed by atoms with Gasteiger partial charge in [0.25, 0.3) is 0 Å². The van der Waals surface area contributed by atoms with Crippen LogP contribution in [0.25, 0.3) is 0 Å². The predicted molar refractivity (Wildman–Crippen MR) is 88.1 cm³/mol. The van der Waals surface area contributed by atoms with E-state index in [2.05, 4.69) is 6.58 Å². The molecule has 0 aliphatic carbocycles. The molecule has 152 valence electrons. The van der Waals surface area contributed by atoms with E-state index in [-0.39, 0.29) is 25.4 Å². The van der Waals surface area contributed by atoms with E-state index in [1.165, 1.54) is 13.8 Å². The van der Waals surface area contributed by atoms with Gasteiger partial charge in [0.1, 0.15) is 6.61 Å². The van der Waals surface area contributed by atoms with E-state index >= 15 is 0 Å². The molecule has 10 nitrogen and oxygen atoms in total. The summed E-state index contributed by atoms with van der Waals surface area (Å²) in [6.45, 7) is 8.14. The third kappa shape index (κ3) is 7.75. The predicted octanol–water partition coefficient (Wildman–Crippen LogP) is 0.274. The van der Waals surface area contributed by atoms with Gasteiger partial charge in [-0.3, -0.25) is 14.4 Å². The lowest BCUT2D eigenvalue weighted by molar-refractivity contribution is -0.282. The highest BCUT2D eigenvalue weighted by atomic mass is 16.7. The zero-order valence-corrected chi connectivity index (χ0v) is 15.7. The molecule has 0 bridgehead atoms. The molecule has 1 fully saturated rings. The Balaban J connectivity index is 2.81. The van der Waals surface area contributed by atoms with Gasteiger partial charge >= 0.3 is 23.9 Å². The summed E-state index contributed by atoms with van der Waals surface area (Å²) in [5, 5.41) is 0. The number of ether oxygens (including phenoxy) is 6. The summed E-state index contributed by atoms with van der Waals surface area (Å²) < 4.78 is 31.2. The highest BCUT2D eigenvalue weighted by molar-refractivity contribution is 5.86. The molecule has 1 aliphatic heterocycles. The Kier molecular flexibility index (Phi) is 8.89. The largest absolute Gasteiger partial charge is 0.460 e. The summed E-state index contributed by atoms with van der Waals surface area (Å²) in [7, 11) is 0. The van der Waals surface area contributed by atoms with E-state index in [9.17, 15) is 19.2 Å². The fourth-order valence-corrected chi connectivity index (χ4v) is 2.27. The Morgan fingerprint density at radius 3 is 1.96 bits per heavy atom. The van der Waals surface area contributed by atoms with Crippen molar-refractivity contribution in [3.05, 3.63) is 12.2 Å². The number of hydrogen-bond donors (Lipinski definition) is 0. The van der Waals surface area contributed by atoms with Gasteiger partial charge in [0, 0.05) is 26.3 Å². The van der Waals surface area contributed by atoms with Crippen molar-refractivity contribution < 1.29 is 47.6 Å². The summed E-state index contributed by atoms with van der Waals surface area (Å²) in [4.78, 5) is 45.5. The van der Waals surface area contributed by atoms with E-state index in [1.807, 2.05) is 0 Å². The van der Waals surface area contributed by atoms with Gasteiger partial charge in [-0.25, -0.2) is 4.79 Å². The van der Waals surface area contributed by atoms with E-state index in [0.717, 1.165) is 13.8 Å². The maximum Gasteiger partial charge on any atom is 0.333 e. The van der Waals surface area contributed by atoms with Crippen LogP contribution >= 0.6 is 0 Å². The smallest absolute Gasteiger partial charge is 0.333 e. The van der Waals surface area contributed by atoms with E-state index < -0.39 is 48.5 Å². The molecule has 4 unspecified atom stereocenters. The van der Waals surface area contributed by atoms with Gasteiger partial charge in [-0.05, 0) is 6.92 Å². The first kappa shape index (κ1) is 22.6. The Morgan fingerprint density at radius 2 is 1.44 bits per heavy atom. The van der Waals surface area contributed by atoms with Crippen molar-refractivity contribution in [2.24, 2.45) is 0 Å². The molecule has 0 saturated carbocycles. The van der Waals surface area contributed by atoms with Crippen LogP contribution in [0, 0.1) is 0 Å². The molecule has 1 rings (SSSR count). The molecular weight excluding hydrogens is 364 g/mol. The van der Waals surface area contributed by atoms with Crippen molar-refractivity contribution in [2.45, 2.75) is 52.3 Å². The van der Waals surface area contributed by atoms with Gasteiger partial charge in [0.2, 0.25) is 0 Å². The highest BCUT2D eigenvalue weighted by Crippen LogP contribution is 2.25. The number of rotatable bonds is 8. The second-order valence-electron chi connectivity index (χ2n) is 5.78. The van der Waals surface area contributed by atoms with Gasteiger partial charge in [-0.2, -0.15) is 0 Å². The first-order chi connectivity index (χ1) is 12.6. The Bertz CT molecular complexity index is 584. The first-order valence-electron chi connectivity index (χ1n) is 8.19. The van der Waals surface area contributed by atoms with Crippen LogP contribution in [0.5, 0.6) is 0 Å². The van der Waals surface area contributed by atoms with Crippen LogP contribution in [0.3, 0.4) is 0 Å². The number of hydrogen-bond acceptors (Lipinski definition) is 10. The third-order valence-electron chi connectivity index (χ3n) is 3.25. The monoisotopic (exact) mass is 388 g/mol. The van der Waals surface area contributed by atoms with E-state index in [1.54, 1.807) is 0 Å². The molecule has 10 heteroatoms. The minimum absolute atomic E-state index is 0.0769. The van der Waals surface area contributed by atoms with Gasteiger partial charge < -0.3 is 28.4 Å². The quantitative estimate of drug-likeness (QED) is 0.248. The van der Waals surface area contributed by atoms with Gasteiger partial charge in [0.05, 0.1) is 13.2 Å². The molecule has 0 radical (unpaired) electrons. The molecular formula is C17H24O10. The van der Waals surface area contributed by atoms with E-state index in [0.29, 0.717) is 0 Å². The average molecular weight is 388 g/mol. The minimum atomic E-state index is -1.18. The first-order valence-corrected chi connectivity index (χ1v) is 8.19. The van der Waals surface area contributed by atoms with Crippen LogP contribution in [0.4, 0.5) is 0 Å². The second kappa shape index (κ2) is 10.6. The zero-order valence-electron chi connectivity index (χ0n) is 15.7. The summed E-state index contributed by atoms with van der Waals surface area (Å²) in [5.74, 6) is -2.53. The topological polar surface area (TPSA) is 124 Å². The van der Waals surface area contributed by atoms with Crippen LogP contribution in [0.2, 0.25) is 0 Å². The molecule has 0 aromatic carbocycles. The maximum atomic E-state index is 11.5. The van der Waals surface area contributed by atoms with Crippen molar-refractivity contribution in [1.82, 2.24) is 0 Å². The lowest BCUT2D eigenvalue weighted by Gasteiger charge is -2.40. The molecule has 1 heterocycles. The van der Waals surface area contributed by atoms with Gasteiger partial charge in [0.15, 0.2) is 24.6 Å². The maximum absolute atomic E-state index is 11.5. The number of esters is 4. The minimum Gasteiger partial charge on any atom is -0.460 e. The summed E-state index contributed by atoms with van der Waals surface area (Å²) in [5.41, 5.74) is 0.237. The molecule has 1 saturated heterocycles. The molecule has 0 N–H and O–H groups in total. The fourth-order valence-electron chi connectivity index (χ4n) is 2.27. The van der Waals surface area contributed by atoms with Crippen LogP contribution in [0.15, 0.2) is 12.2 Å². The van der Waals surface area contributed by atoms with E-state index in [4.69, 9.17) is 28.4 Å². The molecule has 0 spiro atoms. The Labute approximate surface area is 156 Å². The van der Waals surface area contributed by atoms with Crippen LogP contribution in [-0.2, 0) is 47.6 Å². The lowest BCUT2D eigenvalue weighted by atomic mass is 10.0. The lowest BCUT2D eigenvalue weighted by Crippen LogP contribution is -2.58. The Hall–Kier alpha value is -2.46.